The maximum atomic E-state index is 4.04. The largest absolute Gasteiger partial charge is 0.175 e. The molecular weight excluding hydrogens is 103 g/mol. The van der Waals surface area contributed by atoms with Gasteiger partial charge in [0, 0.05) is 5.75 Å². The van der Waals surface area contributed by atoms with Gasteiger partial charge in [-0.3, -0.25) is 0 Å². The Bertz CT molecular complexity index is 68.5. The molecule has 0 aromatic heterocycles. The second kappa shape index (κ2) is 4.32. The van der Waals surface area contributed by atoms with Crippen LogP contribution in [-0.2, 0) is 0 Å². The molecule has 2 heteroatoms. The van der Waals surface area contributed by atoms with Crippen molar-refractivity contribution in [2.45, 2.75) is 13.2 Å². The Balaban J connectivity index is 3.29. The number of hydrogen-bond donors (Lipinski definition) is 1. The van der Waals surface area contributed by atoms with Gasteiger partial charge in [-0.25, -0.2) is 0 Å². The minimum atomic E-state index is 0.875. The van der Waals surface area contributed by atoms with Crippen LogP contribution in [-0.4, -0.2) is 13.6 Å². The first kappa shape index (κ1) is 7.15. The van der Waals surface area contributed by atoms with E-state index in [-0.39, 0.29) is 0 Å². The number of allylic oxidation sites excluding steroid dienone is 1. The lowest BCUT2D eigenvalue weighted by atomic mass is 9.98. The fourth-order valence-corrected chi connectivity index (χ4v) is 0.612. The van der Waals surface area contributed by atoms with E-state index in [9.17, 15) is 0 Å². The van der Waals surface area contributed by atoms with Crippen LogP contribution in [0.15, 0.2) is 11.6 Å². The van der Waals surface area contributed by atoms with Crippen molar-refractivity contribution in [2.75, 3.05) is 5.75 Å². The van der Waals surface area contributed by atoms with Crippen molar-refractivity contribution in [1.82, 2.24) is 0 Å². The summed E-state index contributed by atoms with van der Waals surface area (Å²) in [6.07, 6.45) is 3.28. The Hall–Kier alpha value is 0.155. The summed E-state index contributed by atoms with van der Waals surface area (Å²) in [4.78, 5) is 0. The van der Waals surface area contributed by atoms with E-state index in [0.29, 0.717) is 0 Å². The Kier molecular flexibility index (Phi) is 4.41. The van der Waals surface area contributed by atoms with Gasteiger partial charge in [0.15, 0.2) is 0 Å². The highest BCUT2D eigenvalue weighted by Crippen LogP contribution is 1.95. The summed E-state index contributed by atoms with van der Waals surface area (Å²) in [7, 11) is 2.15. The molecule has 0 fully saturated rings. The Morgan fingerprint density at radius 3 is 2.57 bits per heavy atom. The van der Waals surface area contributed by atoms with Crippen molar-refractivity contribution >= 4 is 20.5 Å². The molecule has 0 aliphatic heterocycles. The molecule has 0 atom stereocenters. The van der Waals surface area contributed by atoms with Crippen molar-refractivity contribution < 1.29 is 0 Å². The van der Waals surface area contributed by atoms with Crippen molar-refractivity contribution in [3.8, 4) is 0 Å². The molecule has 0 aliphatic rings. The molecule has 7 heavy (non-hydrogen) atoms. The van der Waals surface area contributed by atoms with Crippen LogP contribution in [0.4, 0.5) is 0 Å². The zero-order chi connectivity index (χ0) is 5.70. The van der Waals surface area contributed by atoms with Gasteiger partial charge in [0.05, 0.1) is 0 Å². The van der Waals surface area contributed by atoms with Crippen LogP contribution in [0.2, 0.25) is 6.32 Å². The summed E-state index contributed by atoms with van der Waals surface area (Å²) in [6.45, 7) is 2.12. The summed E-state index contributed by atoms with van der Waals surface area (Å²) in [5.41, 5.74) is 1.43. The standard InChI is InChI=1S/C5H11BS/c1-5(4-6)2-3-7/h2,7H,3-4,6H2,1H3/b5-2-. The average Bonchev–Trinajstić information content (AvgIpc) is 1.68. The van der Waals surface area contributed by atoms with E-state index in [0.717, 1.165) is 12.1 Å². The van der Waals surface area contributed by atoms with Gasteiger partial charge in [-0.05, 0) is 6.92 Å². The third kappa shape index (κ3) is 4.00. The molecule has 0 rings (SSSR count). The zero-order valence-corrected chi connectivity index (χ0v) is 5.83. The van der Waals surface area contributed by atoms with Gasteiger partial charge in [-0.1, -0.05) is 18.0 Å². The number of hydrogen-bond acceptors (Lipinski definition) is 1. The molecule has 0 nitrogen and oxygen atoms in total. The minimum Gasteiger partial charge on any atom is -0.175 e. The second-order valence-electron chi connectivity index (χ2n) is 1.59. The highest BCUT2D eigenvalue weighted by Gasteiger charge is 1.77. The van der Waals surface area contributed by atoms with Crippen LogP contribution in [0.1, 0.15) is 6.92 Å². The Labute approximate surface area is 51.8 Å². The van der Waals surface area contributed by atoms with Crippen molar-refractivity contribution in [3.63, 3.8) is 0 Å². The van der Waals surface area contributed by atoms with Gasteiger partial charge < -0.3 is 0 Å². The normalized spacial score (nSPS) is 12.0. The Morgan fingerprint density at radius 2 is 2.43 bits per heavy atom. The molecule has 0 bridgehead atoms. The first-order valence-electron chi connectivity index (χ1n) is 2.57. The van der Waals surface area contributed by atoms with Crippen molar-refractivity contribution in [1.29, 1.82) is 0 Å². The van der Waals surface area contributed by atoms with E-state index in [4.69, 9.17) is 0 Å². The maximum Gasteiger partial charge on any atom is 0.106 e. The van der Waals surface area contributed by atoms with E-state index in [2.05, 4.69) is 33.5 Å². The molecule has 40 valence electrons. The monoisotopic (exact) mass is 114 g/mol. The van der Waals surface area contributed by atoms with Gasteiger partial charge in [0.2, 0.25) is 0 Å². The fourth-order valence-electron chi connectivity index (χ4n) is 0.300. The topological polar surface area (TPSA) is 0 Å². The molecule has 0 saturated heterocycles. The molecule has 0 unspecified atom stereocenters. The Morgan fingerprint density at radius 1 is 1.86 bits per heavy atom. The third-order valence-corrected chi connectivity index (χ3v) is 1.18. The van der Waals surface area contributed by atoms with Crippen LogP contribution < -0.4 is 0 Å². The molecule has 0 heterocycles. The second-order valence-corrected chi connectivity index (χ2v) is 1.95. The van der Waals surface area contributed by atoms with E-state index in [1.54, 1.807) is 0 Å². The van der Waals surface area contributed by atoms with Gasteiger partial charge in [0.1, 0.15) is 7.85 Å². The van der Waals surface area contributed by atoms with Crippen molar-refractivity contribution in [2.24, 2.45) is 0 Å². The molecule has 0 spiro atoms. The van der Waals surface area contributed by atoms with E-state index >= 15 is 0 Å². The van der Waals surface area contributed by atoms with E-state index in [1.807, 2.05) is 0 Å². The molecule has 0 aromatic carbocycles. The van der Waals surface area contributed by atoms with Crippen molar-refractivity contribution in [3.05, 3.63) is 11.6 Å². The first-order chi connectivity index (χ1) is 3.31. The highest BCUT2D eigenvalue weighted by molar-refractivity contribution is 7.80. The molecule has 0 aromatic rings. The summed E-state index contributed by atoms with van der Waals surface area (Å²) in [6, 6.07) is 0. The SMILES string of the molecule is BC/C(C)=C\CS. The fraction of sp³-hybridized carbons (Fsp3) is 0.600. The zero-order valence-electron chi connectivity index (χ0n) is 4.94. The minimum absolute atomic E-state index is 0.875. The van der Waals surface area contributed by atoms with Crippen LogP contribution in [0.25, 0.3) is 0 Å². The summed E-state index contributed by atoms with van der Waals surface area (Å²) >= 11 is 4.04. The first-order valence-corrected chi connectivity index (χ1v) is 3.21. The lowest BCUT2D eigenvalue weighted by molar-refractivity contribution is 1.36. The highest BCUT2D eigenvalue weighted by atomic mass is 32.1. The van der Waals surface area contributed by atoms with Gasteiger partial charge in [0.25, 0.3) is 0 Å². The molecule has 0 amide bonds. The average molecular weight is 114 g/mol. The summed E-state index contributed by atoms with van der Waals surface area (Å²) in [5.74, 6) is 0.875. The summed E-state index contributed by atoms with van der Waals surface area (Å²) in [5, 5.41) is 0. The van der Waals surface area contributed by atoms with E-state index in [1.165, 1.54) is 5.57 Å². The molecule has 0 aliphatic carbocycles. The van der Waals surface area contributed by atoms with Crippen LogP contribution >= 0.6 is 12.6 Å². The molecule has 0 radical (unpaired) electrons. The van der Waals surface area contributed by atoms with Gasteiger partial charge in [-0.15, -0.1) is 0 Å². The van der Waals surface area contributed by atoms with Gasteiger partial charge in [-0.2, -0.15) is 12.6 Å². The predicted octanol–water partition coefficient (Wildman–Crippen LogP) is 0.914. The predicted molar refractivity (Wildman–Crippen MR) is 41.0 cm³/mol. The van der Waals surface area contributed by atoms with Crippen LogP contribution in [0.5, 0.6) is 0 Å². The summed E-state index contributed by atoms with van der Waals surface area (Å²) < 4.78 is 0. The quantitative estimate of drug-likeness (QED) is 0.308. The maximum absolute atomic E-state index is 4.04. The van der Waals surface area contributed by atoms with Crippen LogP contribution in [0.3, 0.4) is 0 Å². The lowest BCUT2D eigenvalue weighted by Gasteiger charge is -1.88. The third-order valence-electron chi connectivity index (χ3n) is 0.997. The van der Waals surface area contributed by atoms with Gasteiger partial charge >= 0.3 is 0 Å². The number of rotatable bonds is 2. The molecule has 0 saturated carbocycles. The molecular formula is C5H11BS. The number of thiol groups is 1. The lowest BCUT2D eigenvalue weighted by Crippen LogP contribution is -1.73. The van der Waals surface area contributed by atoms with E-state index < -0.39 is 0 Å². The smallest absolute Gasteiger partial charge is 0.106 e. The molecule has 0 N–H and O–H groups in total. The van der Waals surface area contributed by atoms with Crippen LogP contribution in [0, 0.1) is 0 Å².